The van der Waals surface area contributed by atoms with Gasteiger partial charge in [0, 0.05) is 10.5 Å². The molecule has 1 heterocycles. The minimum Gasteiger partial charge on any atom is -0.232 e. The van der Waals surface area contributed by atoms with Crippen molar-refractivity contribution in [3.05, 3.63) is 38.7 Å². The predicted octanol–water partition coefficient (Wildman–Crippen LogP) is 5.58. The van der Waals surface area contributed by atoms with Crippen molar-refractivity contribution in [3.63, 3.8) is 0 Å². The number of thioether (sulfide) groups is 1. The molecule has 2 rings (SSSR count). The molecular formula is C13H9ClF3IN2S. The van der Waals surface area contributed by atoms with Gasteiger partial charge in [0.15, 0.2) is 5.82 Å². The fourth-order valence-corrected chi connectivity index (χ4v) is 2.98. The van der Waals surface area contributed by atoms with Gasteiger partial charge in [0.1, 0.15) is 5.15 Å². The number of hydrogen-bond acceptors (Lipinski definition) is 3. The lowest BCUT2D eigenvalue weighted by Crippen LogP contribution is -2.00. The molecule has 0 unspecified atom stereocenters. The van der Waals surface area contributed by atoms with E-state index in [2.05, 4.69) is 32.6 Å². The molecule has 8 heteroatoms. The van der Waals surface area contributed by atoms with Crippen LogP contribution in [0.5, 0.6) is 0 Å². The highest BCUT2D eigenvalue weighted by molar-refractivity contribution is 14.1. The van der Waals surface area contributed by atoms with Crippen molar-refractivity contribution >= 4 is 46.0 Å². The molecule has 0 aliphatic heterocycles. The average molecular weight is 445 g/mol. The molecule has 2 nitrogen and oxygen atoms in total. The molecule has 0 saturated carbocycles. The molecule has 0 radical (unpaired) electrons. The molecule has 1 aromatic carbocycles. The minimum absolute atomic E-state index is 0.124. The van der Waals surface area contributed by atoms with E-state index in [0.29, 0.717) is 23.0 Å². The third-order valence-electron chi connectivity index (χ3n) is 2.56. The van der Waals surface area contributed by atoms with E-state index in [1.807, 2.05) is 6.92 Å². The van der Waals surface area contributed by atoms with Crippen LogP contribution in [0.1, 0.15) is 12.6 Å². The SMILES string of the molecule is CCc1nc(-c2ccc(SC(F)(F)F)cc2)nc(Cl)c1I. The Morgan fingerprint density at radius 3 is 2.33 bits per heavy atom. The quantitative estimate of drug-likeness (QED) is 0.351. The maximum Gasteiger partial charge on any atom is 0.446 e. The number of nitrogens with zero attached hydrogens (tertiary/aromatic N) is 2. The first-order valence-corrected chi connectivity index (χ1v) is 8.15. The second-order valence-corrected chi connectivity index (χ2v) is 6.60. The number of rotatable bonds is 3. The highest BCUT2D eigenvalue weighted by Gasteiger charge is 2.29. The van der Waals surface area contributed by atoms with E-state index in [4.69, 9.17) is 11.6 Å². The molecule has 0 bridgehead atoms. The summed E-state index contributed by atoms with van der Waals surface area (Å²) in [5, 5.41) is 0.353. The largest absolute Gasteiger partial charge is 0.446 e. The van der Waals surface area contributed by atoms with Crippen LogP contribution in [0.25, 0.3) is 11.4 Å². The van der Waals surface area contributed by atoms with Gasteiger partial charge in [-0.15, -0.1) is 0 Å². The van der Waals surface area contributed by atoms with E-state index in [1.54, 1.807) is 12.1 Å². The predicted molar refractivity (Wildman–Crippen MR) is 86.5 cm³/mol. The first kappa shape index (κ1) is 16.8. The third kappa shape index (κ3) is 4.46. The van der Waals surface area contributed by atoms with E-state index >= 15 is 0 Å². The molecule has 0 atom stereocenters. The Bertz CT molecular complexity index is 647. The van der Waals surface area contributed by atoms with Crippen LogP contribution in [-0.4, -0.2) is 15.5 Å². The molecule has 1 aromatic heterocycles. The zero-order chi connectivity index (χ0) is 15.6. The maximum absolute atomic E-state index is 12.3. The van der Waals surface area contributed by atoms with Gasteiger partial charge >= 0.3 is 5.51 Å². The Labute approximate surface area is 142 Å². The number of alkyl halides is 3. The number of aromatic nitrogens is 2. The molecule has 0 spiro atoms. The molecule has 21 heavy (non-hydrogen) atoms. The summed E-state index contributed by atoms with van der Waals surface area (Å²) in [6, 6.07) is 5.92. The molecule has 0 amide bonds. The molecule has 0 aliphatic carbocycles. The number of aryl methyl sites for hydroxylation is 1. The summed E-state index contributed by atoms with van der Waals surface area (Å²) in [7, 11) is 0. The van der Waals surface area contributed by atoms with Crippen molar-refractivity contribution in [3.8, 4) is 11.4 Å². The second kappa shape index (κ2) is 6.70. The molecular weight excluding hydrogens is 436 g/mol. The summed E-state index contributed by atoms with van der Waals surface area (Å²) in [6.07, 6.45) is 0.704. The van der Waals surface area contributed by atoms with Crippen LogP contribution in [0.15, 0.2) is 29.2 Å². The van der Waals surface area contributed by atoms with Crippen molar-refractivity contribution < 1.29 is 13.2 Å². The van der Waals surface area contributed by atoms with Crippen LogP contribution >= 0.6 is 46.0 Å². The van der Waals surface area contributed by atoms with Crippen molar-refractivity contribution in [2.45, 2.75) is 23.7 Å². The van der Waals surface area contributed by atoms with E-state index in [-0.39, 0.29) is 16.7 Å². The minimum atomic E-state index is -4.29. The van der Waals surface area contributed by atoms with E-state index in [1.165, 1.54) is 12.1 Å². The monoisotopic (exact) mass is 444 g/mol. The lowest BCUT2D eigenvalue weighted by Gasteiger charge is -2.08. The Hall–Kier alpha value is -0.540. The topological polar surface area (TPSA) is 25.8 Å². The normalized spacial score (nSPS) is 11.7. The highest BCUT2D eigenvalue weighted by atomic mass is 127. The van der Waals surface area contributed by atoms with Crippen molar-refractivity contribution in [2.24, 2.45) is 0 Å². The van der Waals surface area contributed by atoms with Gasteiger partial charge < -0.3 is 0 Å². The molecule has 0 saturated heterocycles. The lowest BCUT2D eigenvalue weighted by molar-refractivity contribution is -0.0328. The fraction of sp³-hybridized carbons (Fsp3) is 0.231. The van der Waals surface area contributed by atoms with E-state index in [9.17, 15) is 13.2 Å². The summed E-state index contributed by atoms with van der Waals surface area (Å²) in [5.74, 6) is 0.417. The summed E-state index contributed by atoms with van der Waals surface area (Å²) in [6.45, 7) is 1.95. The van der Waals surface area contributed by atoms with Crippen LogP contribution in [0.4, 0.5) is 13.2 Å². The van der Waals surface area contributed by atoms with Crippen LogP contribution in [0.3, 0.4) is 0 Å². The summed E-state index contributed by atoms with van der Waals surface area (Å²) in [4.78, 5) is 8.69. The lowest BCUT2D eigenvalue weighted by atomic mass is 10.2. The zero-order valence-electron chi connectivity index (χ0n) is 10.7. The Morgan fingerprint density at radius 2 is 1.81 bits per heavy atom. The highest BCUT2D eigenvalue weighted by Crippen LogP contribution is 2.37. The summed E-state index contributed by atoms with van der Waals surface area (Å²) in [5.41, 5.74) is -2.84. The average Bonchev–Trinajstić information content (AvgIpc) is 2.41. The number of benzene rings is 1. The molecule has 2 aromatic rings. The van der Waals surface area contributed by atoms with Gasteiger partial charge in [0.2, 0.25) is 0 Å². The standard InChI is InChI=1S/C13H9ClF3IN2S/c1-2-9-10(18)11(14)20-12(19-9)7-3-5-8(6-4-7)21-13(15,16)17/h3-6H,2H2,1H3. The van der Waals surface area contributed by atoms with Gasteiger partial charge in [0.25, 0.3) is 0 Å². The number of halogens is 5. The van der Waals surface area contributed by atoms with Crippen LogP contribution < -0.4 is 0 Å². The first-order valence-electron chi connectivity index (χ1n) is 5.88. The van der Waals surface area contributed by atoms with Crippen LogP contribution in [0.2, 0.25) is 5.15 Å². The summed E-state index contributed by atoms with van der Waals surface area (Å²) >= 11 is 7.98. The van der Waals surface area contributed by atoms with Crippen molar-refractivity contribution in [2.75, 3.05) is 0 Å². The number of hydrogen-bond donors (Lipinski definition) is 0. The molecule has 0 N–H and O–H groups in total. The Morgan fingerprint density at radius 1 is 1.19 bits per heavy atom. The van der Waals surface area contributed by atoms with Crippen molar-refractivity contribution in [1.29, 1.82) is 0 Å². The molecule has 0 fully saturated rings. The molecule has 112 valence electrons. The van der Waals surface area contributed by atoms with Crippen LogP contribution in [-0.2, 0) is 6.42 Å². The van der Waals surface area contributed by atoms with Gasteiger partial charge in [-0.1, -0.05) is 30.7 Å². The van der Waals surface area contributed by atoms with Gasteiger partial charge in [-0.05, 0) is 52.9 Å². The Kier molecular flexibility index (Phi) is 5.37. The van der Waals surface area contributed by atoms with Gasteiger partial charge in [-0.3, -0.25) is 0 Å². The summed E-state index contributed by atoms with van der Waals surface area (Å²) < 4.78 is 37.6. The first-order chi connectivity index (χ1) is 9.80. The van der Waals surface area contributed by atoms with E-state index < -0.39 is 5.51 Å². The van der Waals surface area contributed by atoms with Gasteiger partial charge in [-0.25, -0.2) is 9.97 Å². The maximum atomic E-state index is 12.3. The molecule has 0 aliphatic rings. The Balaban J connectivity index is 2.33. The zero-order valence-corrected chi connectivity index (χ0v) is 14.4. The van der Waals surface area contributed by atoms with Crippen molar-refractivity contribution in [1.82, 2.24) is 9.97 Å². The van der Waals surface area contributed by atoms with Gasteiger partial charge in [0.05, 0.1) is 9.26 Å². The smallest absolute Gasteiger partial charge is 0.232 e. The second-order valence-electron chi connectivity index (χ2n) is 4.02. The third-order valence-corrected chi connectivity index (χ3v) is 5.03. The fourth-order valence-electron chi connectivity index (χ4n) is 1.63. The van der Waals surface area contributed by atoms with Crippen LogP contribution in [0, 0.1) is 3.57 Å². The van der Waals surface area contributed by atoms with E-state index in [0.717, 1.165) is 9.26 Å². The van der Waals surface area contributed by atoms with Gasteiger partial charge in [-0.2, -0.15) is 13.2 Å².